The van der Waals surface area contributed by atoms with Crippen LogP contribution in [-0.4, -0.2) is 39.7 Å². The van der Waals surface area contributed by atoms with Crippen LogP contribution >= 0.6 is 11.8 Å². The fraction of sp³-hybridized carbons (Fsp3) is 0.450. The average Bonchev–Trinajstić information content (AvgIpc) is 2.59. The molecule has 1 N–H and O–H groups in total. The minimum Gasteiger partial charge on any atom is -0.497 e. The molecule has 0 unspecified atom stereocenters. The number of H-pyrrole nitrogens is 1. The molecule has 1 heterocycles. The van der Waals surface area contributed by atoms with Crippen LogP contribution in [0.25, 0.3) is 0 Å². The topological polar surface area (TPSA) is 75.3 Å². The van der Waals surface area contributed by atoms with E-state index in [9.17, 15) is 9.59 Å². The van der Waals surface area contributed by atoms with Gasteiger partial charge in [-0.1, -0.05) is 37.7 Å². The van der Waals surface area contributed by atoms with Crippen molar-refractivity contribution in [3.63, 3.8) is 0 Å². The van der Waals surface area contributed by atoms with Crippen molar-refractivity contribution in [3.8, 4) is 5.75 Å². The molecule has 1 amide bonds. The maximum atomic E-state index is 13.1. The number of hydrogen-bond donors (Lipinski definition) is 1. The molecule has 0 bridgehead atoms. The van der Waals surface area contributed by atoms with Gasteiger partial charge in [-0.05, 0) is 37.5 Å². The maximum absolute atomic E-state index is 13.1. The number of carbonyl (C=O) groups is 1. The Bertz CT molecular complexity index is 835. The third-order valence-electron chi connectivity index (χ3n) is 3.89. The van der Waals surface area contributed by atoms with Crippen molar-refractivity contribution < 1.29 is 9.53 Å². The van der Waals surface area contributed by atoms with Crippen LogP contribution in [0.3, 0.4) is 0 Å². The average molecular weight is 390 g/mol. The van der Waals surface area contributed by atoms with Gasteiger partial charge in [0.15, 0.2) is 5.16 Å². The first-order valence-electron chi connectivity index (χ1n) is 8.94. The van der Waals surface area contributed by atoms with Gasteiger partial charge in [-0.2, -0.15) is 0 Å². The Morgan fingerprint density at radius 3 is 2.67 bits per heavy atom. The van der Waals surface area contributed by atoms with Gasteiger partial charge in [0.25, 0.3) is 5.56 Å². The highest BCUT2D eigenvalue weighted by atomic mass is 32.2. The van der Waals surface area contributed by atoms with E-state index in [1.165, 1.54) is 17.8 Å². The lowest BCUT2D eigenvalue weighted by Gasteiger charge is -2.27. The van der Waals surface area contributed by atoms with Crippen LogP contribution in [0, 0.1) is 12.8 Å². The Hall–Kier alpha value is -2.28. The molecule has 2 aromatic rings. The predicted molar refractivity (Wildman–Crippen MR) is 108 cm³/mol. The third kappa shape index (κ3) is 6.43. The van der Waals surface area contributed by atoms with E-state index in [0.29, 0.717) is 29.9 Å². The number of aromatic amines is 1. The molecule has 0 aliphatic heterocycles. The molecule has 0 fully saturated rings. The summed E-state index contributed by atoms with van der Waals surface area (Å²) in [5, 5.41) is 0.103. The van der Waals surface area contributed by atoms with Gasteiger partial charge < -0.3 is 14.6 Å². The van der Waals surface area contributed by atoms with Crippen molar-refractivity contribution in [3.05, 3.63) is 51.9 Å². The normalized spacial score (nSPS) is 12.1. The summed E-state index contributed by atoms with van der Waals surface area (Å²) in [6.07, 6.45) is 0. The van der Waals surface area contributed by atoms with Gasteiger partial charge in [0.1, 0.15) is 5.75 Å². The molecule has 2 rings (SSSR count). The van der Waals surface area contributed by atoms with Crippen LogP contribution in [0.2, 0.25) is 0 Å². The molecule has 7 heteroatoms. The number of nitrogens with one attached hydrogen (secondary N) is 1. The molecule has 6 nitrogen and oxygen atoms in total. The zero-order valence-corrected chi connectivity index (χ0v) is 17.3. The zero-order chi connectivity index (χ0) is 20.0. The smallest absolute Gasteiger partial charge is 0.251 e. The molecule has 0 saturated heterocycles. The number of rotatable bonds is 8. The lowest BCUT2D eigenvalue weighted by molar-refractivity contribution is -0.131. The second-order valence-corrected chi connectivity index (χ2v) is 8.25. The highest BCUT2D eigenvalue weighted by Crippen LogP contribution is 2.22. The van der Waals surface area contributed by atoms with Gasteiger partial charge in [-0.3, -0.25) is 9.59 Å². The number of hydrogen-bond acceptors (Lipinski definition) is 5. The third-order valence-corrected chi connectivity index (χ3v) is 4.86. The summed E-state index contributed by atoms with van der Waals surface area (Å²) < 4.78 is 5.28. The van der Waals surface area contributed by atoms with Gasteiger partial charge in [0.2, 0.25) is 5.91 Å². The van der Waals surface area contributed by atoms with Gasteiger partial charge in [-0.15, -0.1) is 0 Å². The number of carbonyl (C=O) groups excluding carboxylic acids is 1. The second-order valence-electron chi connectivity index (χ2n) is 6.92. The standard InChI is InChI=1S/C20H27N3O3S/c1-13(2)11-23(12-16-7-6-8-17(10-16)26-5)19(25)15(4)27-20-21-14(3)9-18(24)22-20/h6-10,13,15H,11-12H2,1-5H3,(H,21,22,24)/t15-/m1/s1. The van der Waals surface area contributed by atoms with Crippen molar-refractivity contribution in [1.29, 1.82) is 0 Å². The monoisotopic (exact) mass is 389 g/mol. The molecule has 1 aromatic heterocycles. The largest absolute Gasteiger partial charge is 0.497 e. The Morgan fingerprint density at radius 2 is 2.04 bits per heavy atom. The molecular weight excluding hydrogens is 362 g/mol. The van der Waals surface area contributed by atoms with E-state index in [-0.39, 0.29) is 16.7 Å². The van der Waals surface area contributed by atoms with E-state index < -0.39 is 0 Å². The molecular formula is C20H27N3O3S. The second kappa shape index (κ2) is 9.60. The molecule has 0 radical (unpaired) electrons. The summed E-state index contributed by atoms with van der Waals surface area (Å²) in [4.78, 5) is 33.5. The minimum atomic E-state index is -0.362. The van der Waals surface area contributed by atoms with Crippen LogP contribution < -0.4 is 10.3 Å². The Balaban J connectivity index is 2.15. The van der Waals surface area contributed by atoms with Gasteiger partial charge >= 0.3 is 0 Å². The summed E-state index contributed by atoms with van der Waals surface area (Å²) in [7, 11) is 1.63. The SMILES string of the molecule is COc1cccc(CN(CC(C)C)C(=O)[C@@H](C)Sc2nc(C)cc(=O)[nH]2)c1. The number of ether oxygens (including phenoxy) is 1. The number of amides is 1. The van der Waals surface area contributed by atoms with E-state index in [1.807, 2.05) is 36.1 Å². The molecule has 0 spiro atoms. The fourth-order valence-corrected chi connectivity index (χ4v) is 3.69. The Kier molecular flexibility index (Phi) is 7.47. The van der Waals surface area contributed by atoms with E-state index in [0.717, 1.165) is 11.3 Å². The summed E-state index contributed by atoms with van der Waals surface area (Å²) in [6.45, 7) is 8.94. The summed E-state index contributed by atoms with van der Waals surface area (Å²) in [6, 6.07) is 9.17. The van der Waals surface area contributed by atoms with Crippen molar-refractivity contribution in [2.75, 3.05) is 13.7 Å². The number of methoxy groups -OCH3 is 1. The number of aromatic nitrogens is 2. The van der Waals surface area contributed by atoms with Crippen LogP contribution in [-0.2, 0) is 11.3 Å². The van der Waals surface area contributed by atoms with Crippen LogP contribution in [0.4, 0.5) is 0 Å². The highest BCUT2D eigenvalue weighted by Gasteiger charge is 2.23. The van der Waals surface area contributed by atoms with Crippen LogP contribution in [0.5, 0.6) is 5.75 Å². The van der Waals surface area contributed by atoms with Crippen molar-refractivity contribution in [1.82, 2.24) is 14.9 Å². The number of nitrogens with zero attached hydrogens (tertiary/aromatic N) is 2. The molecule has 146 valence electrons. The number of benzene rings is 1. The van der Waals surface area contributed by atoms with Crippen LogP contribution in [0.1, 0.15) is 32.0 Å². The quantitative estimate of drug-likeness (QED) is 0.554. The molecule has 0 aliphatic rings. The fourth-order valence-electron chi connectivity index (χ4n) is 2.75. The first-order chi connectivity index (χ1) is 12.8. The first-order valence-corrected chi connectivity index (χ1v) is 9.82. The van der Waals surface area contributed by atoms with E-state index in [4.69, 9.17) is 4.74 Å². The molecule has 0 aliphatic carbocycles. The van der Waals surface area contributed by atoms with Crippen molar-refractivity contribution in [2.45, 2.75) is 44.6 Å². The summed E-state index contributed by atoms with van der Waals surface area (Å²) in [5.74, 6) is 1.13. The van der Waals surface area contributed by atoms with E-state index in [1.54, 1.807) is 14.0 Å². The number of thioether (sulfide) groups is 1. The molecule has 0 saturated carbocycles. The highest BCUT2D eigenvalue weighted by molar-refractivity contribution is 8.00. The van der Waals surface area contributed by atoms with E-state index in [2.05, 4.69) is 23.8 Å². The molecule has 1 atom stereocenters. The van der Waals surface area contributed by atoms with Gasteiger partial charge in [0, 0.05) is 24.8 Å². The Morgan fingerprint density at radius 1 is 1.30 bits per heavy atom. The minimum absolute atomic E-state index is 0.0145. The van der Waals surface area contributed by atoms with Gasteiger partial charge in [0.05, 0.1) is 12.4 Å². The first kappa shape index (κ1) is 21.0. The lowest BCUT2D eigenvalue weighted by atomic mass is 10.1. The van der Waals surface area contributed by atoms with Crippen LogP contribution in [0.15, 0.2) is 40.3 Å². The lowest BCUT2D eigenvalue weighted by Crippen LogP contribution is -2.38. The van der Waals surface area contributed by atoms with Crippen molar-refractivity contribution >= 4 is 17.7 Å². The van der Waals surface area contributed by atoms with Gasteiger partial charge in [-0.25, -0.2) is 4.98 Å². The predicted octanol–water partition coefficient (Wildman–Crippen LogP) is 3.25. The van der Waals surface area contributed by atoms with Crippen molar-refractivity contribution in [2.24, 2.45) is 5.92 Å². The molecule has 1 aromatic carbocycles. The zero-order valence-electron chi connectivity index (χ0n) is 16.5. The molecule has 27 heavy (non-hydrogen) atoms. The summed E-state index contributed by atoms with van der Waals surface area (Å²) >= 11 is 1.27. The van der Waals surface area contributed by atoms with E-state index >= 15 is 0 Å². The Labute approximate surface area is 164 Å². The maximum Gasteiger partial charge on any atom is 0.251 e. The summed E-state index contributed by atoms with van der Waals surface area (Å²) in [5.41, 5.74) is 1.44. The number of aryl methyl sites for hydroxylation is 1.